The number of carbonyl (C=O) groups excluding carboxylic acids is 1. The molecule has 0 bridgehead atoms. The highest BCUT2D eigenvalue weighted by Gasteiger charge is 2.10. The molecule has 3 aromatic rings. The molecule has 6 nitrogen and oxygen atoms in total. The summed E-state index contributed by atoms with van der Waals surface area (Å²) in [5, 5.41) is 6.57. The number of anilines is 2. The van der Waals surface area contributed by atoms with Gasteiger partial charge in [0.2, 0.25) is 11.9 Å². The van der Waals surface area contributed by atoms with E-state index in [4.69, 9.17) is 16.3 Å². The number of H-pyrrole nitrogens is 1. The summed E-state index contributed by atoms with van der Waals surface area (Å²) in [7, 11) is 1.54. The molecule has 0 saturated heterocycles. The highest BCUT2D eigenvalue weighted by atomic mass is 35.5. The number of para-hydroxylation sites is 2. The average molecular weight is 359 g/mol. The Labute approximate surface area is 150 Å². The minimum Gasteiger partial charge on any atom is -0.495 e. The quantitative estimate of drug-likeness (QED) is 0.623. The molecule has 130 valence electrons. The Hall–Kier alpha value is -2.73. The number of aryl methyl sites for hydroxylation is 1. The number of benzene rings is 2. The van der Waals surface area contributed by atoms with Gasteiger partial charge < -0.3 is 20.4 Å². The number of nitrogens with one attached hydrogen (secondary N) is 3. The van der Waals surface area contributed by atoms with Crippen molar-refractivity contribution in [3.05, 3.63) is 47.0 Å². The van der Waals surface area contributed by atoms with Gasteiger partial charge in [-0.15, -0.1) is 0 Å². The van der Waals surface area contributed by atoms with Crippen molar-refractivity contribution >= 4 is 40.2 Å². The molecule has 1 aromatic heterocycles. The Morgan fingerprint density at radius 1 is 1.32 bits per heavy atom. The molecular formula is C18H19ClN4O2. The van der Waals surface area contributed by atoms with Crippen LogP contribution in [0.4, 0.5) is 11.6 Å². The number of rotatable bonds is 6. The van der Waals surface area contributed by atoms with Crippen LogP contribution >= 0.6 is 11.6 Å². The fourth-order valence-electron chi connectivity index (χ4n) is 2.47. The topological polar surface area (TPSA) is 79.0 Å². The van der Waals surface area contributed by atoms with E-state index in [1.165, 1.54) is 0 Å². The highest BCUT2D eigenvalue weighted by Crippen LogP contribution is 2.30. The highest BCUT2D eigenvalue weighted by molar-refractivity contribution is 6.31. The molecule has 25 heavy (non-hydrogen) atoms. The Morgan fingerprint density at radius 3 is 2.88 bits per heavy atom. The van der Waals surface area contributed by atoms with E-state index in [0.29, 0.717) is 35.4 Å². The van der Waals surface area contributed by atoms with Crippen molar-refractivity contribution in [3.63, 3.8) is 0 Å². The molecule has 0 unspecified atom stereocenters. The molecule has 0 fully saturated rings. The van der Waals surface area contributed by atoms with Crippen LogP contribution in [0, 0.1) is 6.92 Å². The summed E-state index contributed by atoms with van der Waals surface area (Å²) < 4.78 is 5.26. The molecule has 0 aliphatic rings. The smallest absolute Gasteiger partial charge is 0.226 e. The molecule has 3 N–H and O–H groups in total. The second kappa shape index (κ2) is 7.44. The summed E-state index contributed by atoms with van der Waals surface area (Å²) in [4.78, 5) is 19.7. The normalized spacial score (nSPS) is 10.7. The molecule has 0 radical (unpaired) electrons. The first-order valence-corrected chi connectivity index (χ1v) is 8.27. The number of ether oxygens (including phenoxy) is 1. The number of aromatic amines is 1. The summed E-state index contributed by atoms with van der Waals surface area (Å²) in [6, 6.07) is 11.3. The van der Waals surface area contributed by atoms with Gasteiger partial charge in [-0.25, -0.2) is 4.98 Å². The van der Waals surface area contributed by atoms with E-state index in [0.717, 1.165) is 16.6 Å². The lowest BCUT2D eigenvalue weighted by atomic mass is 10.2. The third kappa shape index (κ3) is 4.03. The van der Waals surface area contributed by atoms with Gasteiger partial charge >= 0.3 is 0 Å². The van der Waals surface area contributed by atoms with Crippen LogP contribution in [0.15, 0.2) is 36.4 Å². The monoisotopic (exact) mass is 358 g/mol. The minimum absolute atomic E-state index is 0.122. The van der Waals surface area contributed by atoms with Gasteiger partial charge in [-0.1, -0.05) is 23.7 Å². The van der Waals surface area contributed by atoms with Crippen LogP contribution in [0.5, 0.6) is 5.75 Å². The summed E-state index contributed by atoms with van der Waals surface area (Å²) >= 11 is 6.07. The first kappa shape index (κ1) is 17.1. The molecule has 3 rings (SSSR count). The van der Waals surface area contributed by atoms with E-state index >= 15 is 0 Å². The predicted molar refractivity (Wildman–Crippen MR) is 101 cm³/mol. The van der Waals surface area contributed by atoms with Crippen molar-refractivity contribution in [1.82, 2.24) is 9.97 Å². The standard InChI is InChI=1S/C18H19ClN4O2/c1-11-9-15(16(25-2)10-12(11)19)21-17(24)7-8-20-18-22-13-5-3-4-6-14(13)23-18/h3-6,9-10H,7-8H2,1-2H3,(H,21,24)(H2,20,22,23). The van der Waals surface area contributed by atoms with Crippen molar-refractivity contribution in [1.29, 1.82) is 0 Å². The van der Waals surface area contributed by atoms with Crippen LogP contribution in [0.3, 0.4) is 0 Å². The van der Waals surface area contributed by atoms with Crippen LogP contribution in [-0.2, 0) is 4.79 Å². The van der Waals surface area contributed by atoms with E-state index in [9.17, 15) is 4.79 Å². The maximum atomic E-state index is 12.2. The maximum absolute atomic E-state index is 12.2. The van der Waals surface area contributed by atoms with Gasteiger partial charge in [-0.2, -0.15) is 0 Å². The largest absolute Gasteiger partial charge is 0.495 e. The molecule has 0 atom stereocenters. The lowest BCUT2D eigenvalue weighted by Gasteiger charge is -2.12. The zero-order valence-electron chi connectivity index (χ0n) is 14.0. The van der Waals surface area contributed by atoms with Crippen LogP contribution in [0.1, 0.15) is 12.0 Å². The Morgan fingerprint density at radius 2 is 2.12 bits per heavy atom. The molecular weight excluding hydrogens is 340 g/mol. The Balaban J connectivity index is 1.57. The van der Waals surface area contributed by atoms with Gasteiger partial charge in [0.05, 0.1) is 23.8 Å². The molecule has 7 heteroatoms. The van der Waals surface area contributed by atoms with Gasteiger partial charge in [-0.3, -0.25) is 4.79 Å². The Kier molecular flexibility index (Phi) is 5.09. The van der Waals surface area contributed by atoms with E-state index in [1.807, 2.05) is 31.2 Å². The minimum atomic E-state index is -0.122. The lowest BCUT2D eigenvalue weighted by molar-refractivity contribution is -0.116. The zero-order chi connectivity index (χ0) is 17.8. The fourth-order valence-corrected chi connectivity index (χ4v) is 2.63. The number of fused-ring (bicyclic) bond motifs is 1. The number of imidazole rings is 1. The summed E-state index contributed by atoms with van der Waals surface area (Å²) in [6.07, 6.45) is 0.294. The number of methoxy groups -OCH3 is 1. The third-order valence-electron chi connectivity index (χ3n) is 3.79. The molecule has 0 saturated carbocycles. The van der Waals surface area contributed by atoms with Gasteiger partial charge in [0.15, 0.2) is 0 Å². The van der Waals surface area contributed by atoms with Gasteiger partial charge in [0, 0.05) is 24.1 Å². The van der Waals surface area contributed by atoms with Crippen molar-refractivity contribution in [3.8, 4) is 5.75 Å². The second-order valence-electron chi connectivity index (χ2n) is 5.63. The number of hydrogen-bond donors (Lipinski definition) is 3. The van der Waals surface area contributed by atoms with Crippen molar-refractivity contribution < 1.29 is 9.53 Å². The molecule has 0 spiro atoms. The SMILES string of the molecule is COc1cc(Cl)c(C)cc1NC(=O)CCNc1nc2ccccc2[nH]1. The maximum Gasteiger partial charge on any atom is 0.226 e. The van der Waals surface area contributed by atoms with E-state index in [1.54, 1.807) is 19.2 Å². The number of aromatic nitrogens is 2. The number of carbonyl (C=O) groups is 1. The van der Waals surface area contributed by atoms with Gasteiger partial charge in [-0.05, 0) is 30.7 Å². The zero-order valence-corrected chi connectivity index (χ0v) is 14.8. The first-order chi connectivity index (χ1) is 12.1. The van der Waals surface area contributed by atoms with Crippen molar-refractivity contribution in [2.24, 2.45) is 0 Å². The number of halogens is 1. The van der Waals surface area contributed by atoms with E-state index in [2.05, 4.69) is 20.6 Å². The Bertz CT molecular complexity index is 874. The number of amides is 1. The van der Waals surface area contributed by atoms with Crippen molar-refractivity contribution in [2.75, 3.05) is 24.3 Å². The van der Waals surface area contributed by atoms with Crippen LogP contribution in [-0.4, -0.2) is 29.5 Å². The van der Waals surface area contributed by atoms with Crippen LogP contribution < -0.4 is 15.4 Å². The lowest BCUT2D eigenvalue weighted by Crippen LogP contribution is -2.17. The summed E-state index contributed by atoms with van der Waals surface area (Å²) in [6.45, 7) is 2.33. The number of hydrogen-bond acceptors (Lipinski definition) is 4. The number of nitrogens with zero attached hydrogens (tertiary/aromatic N) is 1. The third-order valence-corrected chi connectivity index (χ3v) is 4.20. The summed E-state index contributed by atoms with van der Waals surface area (Å²) in [5.74, 6) is 1.06. The van der Waals surface area contributed by atoms with Gasteiger partial charge in [0.25, 0.3) is 0 Å². The molecule has 1 heterocycles. The second-order valence-corrected chi connectivity index (χ2v) is 6.04. The average Bonchev–Trinajstić information content (AvgIpc) is 3.00. The molecule has 0 aliphatic carbocycles. The predicted octanol–water partition coefficient (Wildman–Crippen LogP) is 3.97. The van der Waals surface area contributed by atoms with Crippen molar-refractivity contribution in [2.45, 2.75) is 13.3 Å². The van der Waals surface area contributed by atoms with Gasteiger partial charge in [0.1, 0.15) is 5.75 Å². The van der Waals surface area contributed by atoms with E-state index < -0.39 is 0 Å². The fraction of sp³-hybridized carbons (Fsp3) is 0.222. The molecule has 0 aliphatic heterocycles. The van der Waals surface area contributed by atoms with Crippen LogP contribution in [0.25, 0.3) is 11.0 Å². The van der Waals surface area contributed by atoms with E-state index in [-0.39, 0.29) is 5.91 Å². The first-order valence-electron chi connectivity index (χ1n) is 7.89. The van der Waals surface area contributed by atoms with Crippen LogP contribution in [0.2, 0.25) is 5.02 Å². The molecule has 2 aromatic carbocycles. The molecule has 1 amide bonds. The summed E-state index contributed by atoms with van der Waals surface area (Å²) in [5.41, 5.74) is 3.32.